The number of amides is 1. The first kappa shape index (κ1) is 13.4. The predicted octanol–water partition coefficient (Wildman–Crippen LogP) is 0.984. The van der Waals surface area contributed by atoms with Gasteiger partial charge < -0.3 is 15.8 Å². The Balaban J connectivity index is 2.57. The van der Waals surface area contributed by atoms with Crippen LogP contribution in [0.1, 0.15) is 33.1 Å². The summed E-state index contributed by atoms with van der Waals surface area (Å²) in [6.07, 6.45) is 2.51. The zero-order valence-electron chi connectivity index (χ0n) is 9.91. The Morgan fingerprint density at radius 2 is 2.38 bits per heavy atom. The molecule has 1 amide bonds. The third-order valence-corrected chi connectivity index (χ3v) is 3.63. The topological polar surface area (TPSA) is 64.3 Å². The average molecular weight is 244 g/mol. The van der Waals surface area contributed by atoms with Gasteiger partial charge in [-0.1, -0.05) is 19.1 Å². The van der Waals surface area contributed by atoms with Gasteiger partial charge >= 0.3 is 0 Å². The maximum absolute atomic E-state index is 12.0. The Morgan fingerprint density at radius 3 is 2.81 bits per heavy atom. The van der Waals surface area contributed by atoms with Crippen LogP contribution in [0.3, 0.4) is 0 Å². The molecule has 0 bridgehead atoms. The summed E-state index contributed by atoms with van der Waals surface area (Å²) in [5, 5.41) is 2.93. The van der Waals surface area contributed by atoms with E-state index in [0.29, 0.717) is 18.0 Å². The van der Waals surface area contributed by atoms with E-state index in [-0.39, 0.29) is 11.8 Å². The highest BCUT2D eigenvalue weighted by Crippen LogP contribution is 2.16. The smallest absolute Gasteiger partial charge is 0.226 e. The van der Waals surface area contributed by atoms with Crippen molar-refractivity contribution in [1.29, 1.82) is 0 Å². The molecule has 1 saturated heterocycles. The second kappa shape index (κ2) is 5.59. The summed E-state index contributed by atoms with van der Waals surface area (Å²) in [4.78, 5) is 12.3. The van der Waals surface area contributed by atoms with Crippen molar-refractivity contribution in [3.05, 3.63) is 0 Å². The van der Waals surface area contributed by atoms with E-state index in [0.717, 1.165) is 19.4 Å². The van der Waals surface area contributed by atoms with Crippen molar-refractivity contribution >= 4 is 23.1 Å². The third-order valence-electron chi connectivity index (χ3n) is 3.18. The van der Waals surface area contributed by atoms with Gasteiger partial charge in [-0.25, -0.2) is 0 Å². The van der Waals surface area contributed by atoms with Gasteiger partial charge in [0, 0.05) is 6.61 Å². The van der Waals surface area contributed by atoms with Crippen molar-refractivity contribution in [2.45, 2.75) is 38.6 Å². The van der Waals surface area contributed by atoms with Crippen LogP contribution in [-0.4, -0.2) is 29.6 Å². The summed E-state index contributed by atoms with van der Waals surface area (Å²) in [7, 11) is 0. The zero-order chi connectivity index (χ0) is 12.2. The number of nitrogens with two attached hydrogens (primary N) is 1. The first-order valence-corrected chi connectivity index (χ1v) is 6.10. The van der Waals surface area contributed by atoms with Crippen LogP contribution in [-0.2, 0) is 9.53 Å². The van der Waals surface area contributed by atoms with Gasteiger partial charge in [-0.15, -0.1) is 0 Å². The van der Waals surface area contributed by atoms with E-state index in [1.165, 1.54) is 0 Å². The molecule has 1 aliphatic rings. The fraction of sp³-hybridized carbons (Fsp3) is 0.818. The van der Waals surface area contributed by atoms with Gasteiger partial charge in [0.1, 0.15) is 0 Å². The van der Waals surface area contributed by atoms with Gasteiger partial charge in [0.2, 0.25) is 5.91 Å². The molecule has 4 nitrogen and oxygen atoms in total. The molecule has 0 aromatic rings. The Kier molecular flexibility index (Phi) is 4.68. The van der Waals surface area contributed by atoms with Crippen LogP contribution in [0.25, 0.3) is 0 Å². The average Bonchev–Trinajstić information content (AvgIpc) is 2.29. The minimum atomic E-state index is -0.580. The van der Waals surface area contributed by atoms with Crippen LogP contribution in [0.2, 0.25) is 0 Å². The molecule has 0 spiro atoms. The van der Waals surface area contributed by atoms with Crippen LogP contribution in [0.15, 0.2) is 0 Å². The molecule has 1 rings (SSSR count). The molecule has 0 aromatic carbocycles. The molecule has 92 valence electrons. The molecule has 2 atom stereocenters. The molecular weight excluding hydrogens is 224 g/mol. The van der Waals surface area contributed by atoms with Crippen molar-refractivity contribution in [2.75, 3.05) is 13.2 Å². The van der Waals surface area contributed by atoms with E-state index in [9.17, 15) is 4.79 Å². The monoisotopic (exact) mass is 244 g/mol. The number of rotatable bonds is 4. The van der Waals surface area contributed by atoms with Gasteiger partial charge in [0.05, 0.1) is 23.1 Å². The van der Waals surface area contributed by atoms with E-state index in [1.54, 1.807) is 0 Å². The first-order valence-electron chi connectivity index (χ1n) is 5.69. The summed E-state index contributed by atoms with van der Waals surface area (Å²) < 4.78 is 5.29. The second-order valence-corrected chi connectivity index (χ2v) is 4.89. The van der Waals surface area contributed by atoms with Gasteiger partial charge in [0.15, 0.2) is 0 Å². The quantitative estimate of drug-likeness (QED) is 0.724. The maximum Gasteiger partial charge on any atom is 0.226 e. The largest absolute Gasteiger partial charge is 0.391 e. The third kappa shape index (κ3) is 3.15. The molecule has 16 heavy (non-hydrogen) atoms. The molecule has 3 N–H and O–H groups in total. The minimum Gasteiger partial charge on any atom is -0.391 e. The fourth-order valence-corrected chi connectivity index (χ4v) is 1.84. The lowest BCUT2D eigenvalue weighted by atomic mass is 9.95. The number of thiocarbonyl (C=S) groups is 1. The van der Waals surface area contributed by atoms with E-state index in [1.807, 2.05) is 13.8 Å². The molecule has 0 aromatic heterocycles. The number of nitrogens with one attached hydrogen (secondary N) is 1. The van der Waals surface area contributed by atoms with Crippen molar-refractivity contribution in [3.63, 3.8) is 0 Å². The van der Waals surface area contributed by atoms with Crippen LogP contribution in [0.4, 0.5) is 0 Å². The summed E-state index contributed by atoms with van der Waals surface area (Å²) >= 11 is 4.98. The fourth-order valence-electron chi connectivity index (χ4n) is 1.65. The number of carbonyl (C=O) groups excluding carboxylic acids is 1. The maximum atomic E-state index is 12.0. The lowest BCUT2D eigenvalue weighted by Gasteiger charge is -2.31. The summed E-state index contributed by atoms with van der Waals surface area (Å²) in [5.41, 5.74) is 5.07. The molecule has 2 unspecified atom stereocenters. The number of hydrogen-bond donors (Lipinski definition) is 2. The zero-order valence-corrected chi connectivity index (χ0v) is 10.7. The Bertz CT molecular complexity index is 277. The molecule has 5 heteroatoms. The van der Waals surface area contributed by atoms with Crippen molar-refractivity contribution in [1.82, 2.24) is 5.32 Å². The van der Waals surface area contributed by atoms with Crippen LogP contribution >= 0.6 is 12.2 Å². The Labute approximate surface area is 102 Å². The Morgan fingerprint density at radius 1 is 1.69 bits per heavy atom. The van der Waals surface area contributed by atoms with E-state index >= 15 is 0 Å². The molecule has 0 saturated carbocycles. The summed E-state index contributed by atoms with van der Waals surface area (Å²) in [6, 6.07) is 0. The highest BCUT2D eigenvalue weighted by Gasteiger charge is 2.31. The Hall–Kier alpha value is -0.680. The van der Waals surface area contributed by atoms with Crippen LogP contribution in [0.5, 0.6) is 0 Å². The number of ether oxygens (including phenoxy) is 1. The van der Waals surface area contributed by atoms with E-state index in [4.69, 9.17) is 22.7 Å². The van der Waals surface area contributed by atoms with E-state index in [2.05, 4.69) is 5.32 Å². The lowest BCUT2D eigenvalue weighted by Crippen LogP contribution is -2.56. The lowest BCUT2D eigenvalue weighted by molar-refractivity contribution is -0.130. The molecule has 1 heterocycles. The van der Waals surface area contributed by atoms with Crippen molar-refractivity contribution in [2.24, 2.45) is 11.7 Å². The number of hydrogen-bond acceptors (Lipinski definition) is 3. The standard InChI is InChI=1S/C11H20N2O2S/c1-3-11(2,10(12)16)13-9(14)8-5-4-6-15-7-8/h8H,3-7H2,1-2H3,(H2,12,16)(H,13,14). The van der Waals surface area contributed by atoms with E-state index < -0.39 is 5.54 Å². The SMILES string of the molecule is CCC(C)(NC(=O)C1CCCOC1)C(N)=S. The normalized spacial score (nSPS) is 24.5. The summed E-state index contributed by atoms with van der Waals surface area (Å²) in [5.74, 6) is -0.0641. The highest BCUT2D eigenvalue weighted by atomic mass is 32.1. The molecule has 0 aliphatic carbocycles. The van der Waals surface area contributed by atoms with Crippen LogP contribution < -0.4 is 11.1 Å². The van der Waals surface area contributed by atoms with Crippen LogP contribution in [0, 0.1) is 5.92 Å². The van der Waals surface area contributed by atoms with Gasteiger partial charge in [-0.3, -0.25) is 4.79 Å². The van der Waals surface area contributed by atoms with Crippen molar-refractivity contribution < 1.29 is 9.53 Å². The molecular formula is C11H20N2O2S. The predicted molar refractivity (Wildman–Crippen MR) is 67.2 cm³/mol. The first-order chi connectivity index (χ1) is 7.49. The summed E-state index contributed by atoms with van der Waals surface area (Å²) in [6.45, 7) is 5.07. The minimum absolute atomic E-state index is 0.00292. The highest BCUT2D eigenvalue weighted by molar-refractivity contribution is 7.80. The molecule has 1 fully saturated rings. The second-order valence-electron chi connectivity index (χ2n) is 4.45. The molecule has 1 aliphatic heterocycles. The molecule has 0 radical (unpaired) electrons. The van der Waals surface area contributed by atoms with Gasteiger partial charge in [-0.05, 0) is 26.2 Å². The van der Waals surface area contributed by atoms with Gasteiger partial charge in [-0.2, -0.15) is 0 Å². The van der Waals surface area contributed by atoms with Crippen molar-refractivity contribution in [3.8, 4) is 0 Å². The number of carbonyl (C=O) groups is 1. The van der Waals surface area contributed by atoms with Gasteiger partial charge in [0.25, 0.3) is 0 Å².